The molecule has 2 atom stereocenters. The quantitative estimate of drug-likeness (QED) is 0.647. The first-order chi connectivity index (χ1) is 14.0. The number of nitrogens with one attached hydrogen (secondary N) is 2. The Kier molecular flexibility index (Phi) is 6.33. The number of nitrogens with zero attached hydrogens (tertiary/aromatic N) is 3. The SMILES string of the molecule is O=C(NCc1ccc(N2CCOCC2)nc1)C1CC(S(=O)(=O)N2CCCC2)CN1. The van der Waals surface area contributed by atoms with E-state index >= 15 is 0 Å². The van der Waals surface area contributed by atoms with Crippen molar-refractivity contribution < 1.29 is 17.9 Å². The molecule has 1 aromatic rings. The molecule has 0 aromatic carbocycles. The average molecular weight is 424 g/mol. The van der Waals surface area contributed by atoms with Crippen LogP contribution in [0.15, 0.2) is 18.3 Å². The Hall–Kier alpha value is -1.75. The largest absolute Gasteiger partial charge is 0.378 e. The van der Waals surface area contributed by atoms with Crippen LogP contribution in [0.1, 0.15) is 24.8 Å². The molecule has 4 heterocycles. The predicted octanol–water partition coefficient (Wildman–Crippen LogP) is -0.309. The molecule has 3 aliphatic heterocycles. The third-order valence-electron chi connectivity index (χ3n) is 5.86. The second kappa shape index (κ2) is 8.95. The molecule has 2 unspecified atom stereocenters. The monoisotopic (exact) mass is 423 g/mol. The van der Waals surface area contributed by atoms with Gasteiger partial charge in [-0.15, -0.1) is 0 Å². The zero-order valence-corrected chi connectivity index (χ0v) is 17.4. The number of rotatable bonds is 6. The lowest BCUT2D eigenvalue weighted by molar-refractivity contribution is -0.122. The molecule has 29 heavy (non-hydrogen) atoms. The highest BCUT2D eigenvalue weighted by atomic mass is 32.2. The van der Waals surface area contributed by atoms with Crippen LogP contribution in [0.5, 0.6) is 0 Å². The van der Waals surface area contributed by atoms with E-state index in [0.717, 1.165) is 37.3 Å². The summed E-state index contributed by atoms with van der Waals surface area (Å²) >= 11 is 0. The van der Waals surface area contributed by atoms with E-state index in [4.69, 9.17) is 4.74 Å². The maximum atomic E-state index is 12.7. The summed E-state index contributed by atoms with van der Waals surface area (Å²) in [6.07, 6.45) is 3.93. The molecule has 3 saturated heterocycles. The number of anilines is 1. The number of hydrogen-bond donors (Lipinski definition) is 2. The maximum absolute atomic E-state index is 12.7. The molecule has 0 radical (unpaired) electrons. The molecule has 160 valence electrons. The van der Waals surface area contributed by atoms with E-state index in [0.29, 0.717) is 45.8 Å². The van der Waals surface area contributed by atoms with Gasteiger partial charge in [-0.1, -0.05) is 6.07 Å². The van der Waals surface area contributed by atoms with Gasteiger partial charge in [-0.3, -0.25) is 4.79 Å². The van der Waals surface area contributed by atoms with E-state index in [1.165, 1.54) is 0 Å². The minimum absolute atomic E-state index is 0.165. The van der Waals surface area contributed by atoms with E-state index < -0.39 is 21.3 Å². The summed E-state index contributed by atoms with van der Waals surface area (Å²) in [6, 6.07) is 3.44. The lowest BCUT2D eigenvalue weighted by Crippen LogP contribution is -2.40. The number of aromatic nitrogens is 1. The van der Waals surface area contributed by atoms with Crippen LogP contribution in [-0.4, -0.2) is 80.8 Å². The first-order valence-electron chi connectivity index (χ1n) is 10.3. The highest BCUT2D eigenvalue weighted by Gasteiger charge is 2.40. The van der Waals surface area contributed by atoms with Gasteiger partial charge in [0.05, 0.1) is 24.5 Å². The molecule has 0 spiro atoms. The molecule has 1 amide bonds. The van der Waals surface area contributed by atoms with Gasteiger partial charge in [-0.2, -0.15) is 0 Å². The van der Waals surface area contributed by atoms with Crippen LogP contribution in [0.4, 0.5) is 5.82 Å². The van der Waals surface area contributed by atoms with Crippen LogP contribution in [0.3, 0.4) is 0 Å². The molecule has 0 saturated carbocycles. The Morgan fingerprint density at radius 2 is 1.97 bits per heavy atom. The zero-order chi connectivity index (χ0) is 20.3. The van der Waals surface area contributed by atoms with E-state index in [1.54, 1.807) is 10.5 Å². The number of ether oxygens (including phenoxy) is 1. The normalized spacial score (nSPS) is 26.0. The van der Waals surface area contributed by atoms with Crippen molar-refractivity contribution in [1.29, 1.82) is 0 Å². The van der Waals surface area contributed by atoms with Crippen LogP contribution >= 0.6 is 0 Å². The van der Waals surface area contributed by atoms with Crippen LogP contribution in [-0.2, 0) is 26.1 Å². The Bertz CT molecular complexity index is 804. The Morgan fingerprint density at radius 3 is 2.66 bits per heavy atom. The standard InChI is InChI=1S/C19H29N5O4S/c25-19(17-11-16(14-20-17)29(26,27)24-5-1-2-6-24)22-13-15-3-4-18(21-12-15)23-7-9-28-10-8-23/h3-4,12,16-17,20H,1-2,5-11,13-14H2,(H,22,25). The van der Waals surface area contributed by atoms with Crippen LogP contribution in [0.2, 0.25) is 0 Å². The minimum atomic E-state index is -3.32. The highest BCUT2D eigenvalue weighted by Crippen LogP contribution is 2.23. The van der Waals surface area contributed by atoms with E-state index in [-0.39, 0.29) is 5.91 Å². The number of carbonyl (C=O) groups excluding carboxylic acids is 1. The van der Waals surface area contributed by atoms with Crippen LogP contribution < -0.4 is 15.5 Å². The molecule has 10 heteroatoms. The smallest absolute Gasteiger partial charge is 0.237 e. The van der Waals surface area contributed by atoms with Crippen molar-refractivity contribution in [3.8, 4) is 0 Å². The Labute approximate surface area is 171 Å². The molecule has 2 N–H and O–H groups in total. The fourth-order valence-electron chi connectivity index (χ4n) is 4.10. The van der Waals surface area contributed by atoms with Crippen molar-refractivity contribution in [3.05, 3.63) is 23.9 Å². The molecule has 3 fully saturated rings. The molecule has 4 rings (SSSR count). The molecule has 9 nitrogen and oxygen atoms in total. The number of hydrogen-bond acceptors (Lipinski definition) is 7. The van der Waals surface area contributed by atoms with Crippen LogP contribution in [0.25, 0.3) is 0 Å². The predicted molar refractivity (Wildman–Crippen MR) is 109 cm³/mol. The van der Waals surface area contributed by atoms with Gasteiger partial charge in [-0.05, 0) is 30.9 Å². The topological polar surface area (TPSA) is 104 Å². The van der Waals surface area contributed by atoms with Crippen molar-refractivity contribution >= 4 is 21.7 Å². The van der Waals surface area contributed by atoms with Crippen molar-refractivity contribution in [2.75, 3.05) is 50.8 Å². The maximum Gasteiger partial charge on any atom is 0.237 e. The van der Waals surface area contributed by atoms with Crippen molar-refractivity contribution in [1.82, 2.24) is 19.9 Å². The average Bonchev–Trinajstić information content (AvgIpc) is 3.46. The van der Waals surface area contributed by atoms with Crippen molar-refractivity contribution in [2.24, 2.45) is 0 Å². The summed E-state index contributed by atoms with van der Waals surface area (Å²) in [5.41, 5.74) is 0.912. The summed E-state index contributed by atoms with van der Waals surface area (Å²) in [5, 5.41) is 5.45. The molecule has 0 bridgehead atoms. The van der Waals surface area contributed by atoms with E-state index in [9.17, 15) is 13.2 Å². The lowest BCUT2D eigenvalue weighted by Gasteiger charge is -2.27. The van der Waals surface area contributed by atoms with Crippen molar-refractivity contribution in [2.45, 2.75) is 37.1 Å². The number of carbonyl (C=O) groups is 1. The summed E-state index contributed by atoms with van der Waals surface area (Å²) in [7, 11) is -3.32. The van der Waals surface area contributed by atoms with Crippen molar-refractivity contribution in [3.63, 3.8) is 0 Å². The number of pyridine rings is 1. The first kappa shape index (κ1) is 20.5. The second-order valence-corrected chi connectivity index (χ2v) is 10.0. The van der Waals surface area contributed by atoms with E-state index in [2.05, 4.69) is 20.5 Å². The van der Waals surface area contributed by atoms with Gasteiger partial charge >= 0.3 is 0 Å². The summed E-state index contributed by atoms with van der Waals surface area (Å²) in [6.45, 7) is 4.98. The molecule has 3 aliphatic rings. The van der Waals surface area contributed by atoms with Crippen LogP contribution in [0, 0.1) is 0 Å². The summed E-state index contributed by atoms with van der Waals surface area (Å²) in [4.78, 5) is 19.2. The van der Waals surface area contributed by atoms with Gasteiger partial charge in [-0.25, -0.2) is 17.7 Å². The molecule has 1 aromatic heterocycles. The van der Waals surface area contributed by atoms with Gasteiger partial charge in [0.2, 0.25) is 15.9 Å². The van der Waals surface area contributed by atoms with Gasteiger partial charge in [0, 0.05) is 45.5 Å². The van der Waals surface area contributed by atoms with Gasteiger partial charge in [0.15, 0.2) is 0 Å². The highest BCUT2D eigenvalue weighted by molar-refractivity contribution is 7.89. The summed E-state index contributed by atoms with van der Waals surface area (Å²) in [5.74, 6) is 0.747. The third-order valence-corrected chi connectivity index (χ3v) is 8.15. The zero-order valence-electron chi connectivity index (χ0n) is 16.5. The first-order valence-corrected chi connectivity index (χ1v) is 11.8. The number of sulfonamides is 1. The fourth-order valence-corrected chi connectivity index (χ4v) is 6.03. The van der Waals surface area contributed by atoms with Gasteiger partial charge < -0.3 is 20.3 Å². The molecule has 0 aliphatic carbocycles. The van der Waals surface area contributed by atoms with Gasteiger partial charge in [0.1, 0.15) is 5.82 Å². The van der Waals surface area contributed by atoms with Gasteiger partial charge in [0.25, 0.3) is 0 Å². The number of morpholine rings is 1. The Morgan fingerprint density at radius 1 is 1.21 bits per heavy atom. The fraction of sp³-hybridized carbons (Fsp3) is 0.684. The number of amides is 1. The second-order valence-electron chi connectivity index (χ2n) is 7.81. The summed E-state index contributed by atoms with van der Waals surface area (Å²) < 4.78 is 32.3. The minimum Gasteiger partial charge on any atom is -0.378 e. The molecular formula is C19H29N5O4S. The Balaban J connectivity index is 1.26. The lowest BCUT2D eigenvalue weighted by atomic mass is 10.2. The third kappa shape index (κ3) is 4.71. The van der Waals surface area contributed by atoms with E-state index in [1.807, 2.05) is 12.1 Å². The molecular weight excluding hydrogens is 394 g/mol.